The third-order valence-electron chi connectivity index (χ3n) is 7.20. The van der Waals surface area contributed by atoms with E-state index in [0.717, 1.165) is 55.0 Å². The van der Waals surface area contributed by atoms with Crippen molar-refractivity contribution in [1.29, 1.82) is 0 Å². The Bertz CT molecular complexity index is 976. The maximum atomic E-state index is 12.2. The molecular weight excluding hydrogens is 404 g/mol. The molecule has 0 unspecified atom stereocenters. The molecule has 0 radical (unpaired) electrons. The van der Waals surface area contributed by atoms with Crippen LogP contribution in [0.2, 0.25) is 0 Å². The summed E-state index contributed by atoms with van der Waals surface area (Å²) in [7, 11) is 5.04. The standard InChI is InChI=1S/C26H34N2O4/c1-17-6-5-7-19(25(17)32-4)16-27-20-10-12-26(13-11-24(29)28-26)21(15-20)18-8-9-22(30-2)23(14-18)31-3/h5-9,14,20-21,27H,10-13,15-16H2,1-4H3,(H,28,29)/t20-,21+,26-/m0/s1. The van der Waals surface area contributed by atoms with Gasteiger partial charge in [0, 0.05) is 36.0 Å². The molecule has 2 fully saturated rings. The molecule has 2 aromatic carbocycles. The normalized spacial score (nSPS) is 24.9. The van der Waals surface area contributed by atoms with Crippen molar-refractivity contribution in [2.75, 3.05) is 21.3 Å². The highest BCUT2D eigenvalue weighted by Crippen LogP contribution is 2.47. The van der Waals surface area contributed by atoms with Gasteiger partial charge in [-0.05, 0) is 55.9 Å². The van der Waals surface area contributed by atoms with Crippen LogP contribution < -0.4 is 24.8 Å². The SMILES string of the molecule is COc1ccc([C@H]2C[C@@H](NCc3cccc(C)c3OC)CC[C@]23CCC(=O)N3)cc1OC. The fourth-order valence-electron chi connectivity index (χ4n) is 5.53. The third-order valence-corrected chi connectivity index (χ3v) is 7.20. The average molecular weight is 439 g/mol. The number of methoxy groups -OCH3 is 3. The fourth-order valence-corrected chi connectivity index (χ4v) is 5.53. The van der Waals surface area contributed by atoms with Crippen LogP contribution in [-0.4, -0.2) is 38.8 Å². The number of carbonyl (C=O) groups is 1. The largest absolute Gasteiger partial charge is 0.496 e. The minimum absolute atomic E-state index is 0.159. The van der Waals surface area contributed by atoms with Crippen molar-refractivity contribution < 1.29 is 19.0 Å². The number of hydrogen-bond acceptors (Lipinski definition) is 5. The number of amides is 1. The maximum Gasteiger partial charge on any atom is 0.220 e. The second-order valence-electron chi connectivity index (χ2n) is 8.99. The number of ether oxygens (including phenoxy) is 3. The number of nitrogens with one attached hydrogen (secondary N) is 2. The van der Waals surface area contributed by atoms with Crippen LogP contribution in [-0.2, 0) is 11.3 Å². The van der Waals surface area contributed by atoms with E-state index in [0.29, 0.717) is 12.5 Å². The molecule has 3 atom stereocenters. The highest BCUT2D eigenvalue weighted by atomic mass is 16.5. The third kappa shape index (κ3) is 4.29. The van der Waals surface area contributed by atoms with Gasteiger partial charge in [0.2, 0.25) is 5.91 Å². The van der Waals surface area contributed by atoms with Crippen molar-refractivity contribution in [2.45, 2.75) is 63.1 Å². The molecule has 1 aliphatic heterocycles. The van der Waals surface area contributed by atoms with Crippen molar-refractivity contribution in [1.82, 2.24) is 10.6 Å². The van der Waals surface area contributed by atoms with E-state index in [-0.39, 0.29) is 17.4 Å². The zero-order chi connectivity index (χ0) is 22.7. The Hall–Kier alpha value is -2.73. The second kappa shape index (κ2) is 9.41. The molecule has 1 saturated heterocycles. The highest BCUT2D eigenvalue weighted by Gasteiger charge is 2.48. The summed E-state index contributed by atoms with van der Waals surface area (Å²) in [5, 5.41) is 7.10. The van der Waals surface area contributed by atoms with E-state index >= 15 is 0 Å². The topological polar surface area (TPSA) is 68.8 Å². The number of benzene rings is 2. The predicted molar refractivity (Wildman–Crippen MR) is 125 cm³/mol. The monoisotopic (exact) mass is 438 g/mol. The minimum Gasteiger partial charge on any atom is -0.496 e. The van der Waals surface area contributed by atoms with Gasteiger partial charge in [-0.1, -0.05) is 24.3 Å². The summed E-state index contributed by atoms with van der Waals surface area (Å²) < 4.78 is 16.6. The van der Waals surface area contributed by atoms with E-state index in [1.807, 2.05) is 6.07 Å². The van der Waals surface area contributed by atoms with Crippen molar-refractivity contribution in [2.24, 2.45) is 0 Å². The summed E-state index contributed by atoms with van der Waals surface area (Å²) in [4.78, 5) is 12.2. The summed E-state index contributed by atoms with van der Waals surface area (Å²) in [6.07, 6.45) is 4.41. The van der Waals surface area contributed by atoms with Gasteiger partial charge in [0.1, 0.15) is 5.75 Å². The molecule has 172 valence electrons. The molecule has 1 saturated carbocycles. The predicted octanol–water partition coefficient (Wildman–Crippen LogP) is 4.10. The Morgan fingerprint density at radius 3 is 2.56 bits per heavy atom. The van der Waals surface area contributed by atoms with Gasteiger partial charge in [0.25, 0.3) is 0 Å². The number of carbonyl (C=O) groups excluding carboxylic acids is 1. The fraction of sp³-hybridized carbons (Fsp3) is 0.500. The zero-order valence-electron chi connectivity index (χ0n) is 19.5. The van der Waals surface area contributed by atoms with E-state index < -0.39 is 0 Å². The van der Waals surface area contributed by atoms with Crippen molar-refractivity contribution in [3.05, 3.63) is 53.1 Å². The van der Waals surface area contributed by atoms with E-state index in [2.05, 4.69) is 47.9 Å². The number of para-hydroxylation sites is 1. The molecule has 1 spiro atoms. The molecule has 4 rings (SSSR count). The molecule has 0 bridgehead atoms. The van der Waals surface area contributed by atoms with E-state index in [4.69, 9.17) is 14.2 Å². The van der Waals surface area contributed by atoms with Gasteiger partial charge in [0.15, 0.2) is 11.5 Å². The van der Waals surface area contributed by atoms with Gasteiger partial charge >= 0.3 is 0 Å². The Balaban J connectivity index is 1.57. The number of hydrogen-bond donors (Lipinski definition) is 2. The smallest absolute Gasteiger partial charge is 0.220 e. The van der Waals surface area contributed by atoms with Gasteiger partial charge in [0.05, 0.1) is 21.3 Å². The molecule has 1 amide bonds. The summed E-state index contributed by atoms with van der Waals surface area (Å²) >= 11 is 0. The lowest BCUT2D eigenvalue weighted by Crippen LogP contribution is -2.53. The van der Waals surface area contributed by atoms with Gasteiger partial charge in [-0.3, -0.25) is 4.79 Å². The highest BCUT2D eigenvalue weighted by molar-refractivity contribution is 5.79. The van der Waals surface area contributed by atoms with Crippen LogP contribution in [0.3, 0.4) is 0 Å². The lowest BCUT2D eigenvalue weighted by Gasteiger charge is -2.45. The Morgan fingerprint density at radius 1 is 1.06 bits per heavy atom. The van der Waals surface area contributed by atoms with Crippen molar-refractivity contribution >= 4 is 5.91 Å². The summed E-state index contributed by atoms with van der Waals surface area (Å²) in [6.45, 7) is 2.83. The molecule has 6 nitrogen and oxygen atoms in total. The molecule has 2 aromatic rings. The van der Waals surface area contributed by atoms with Crippen LogP contribution in [0.15, 0.2) is 36.4 Å². The quantitative estimate of drug-likeness (QED) is 0.681. The summed E-state index contributed by atoms with van der Waals surface area (Å²) in [5.41, 5.74) is 3.32. The Kier molecular flexibility index (Phi) is 6.60. The van der Waals surface area contributed by atoms with E-state index in [9.17, 15) is 4.79 Å². The Morgan fingerprint density at radius 2 is 1.88 bits per heavy atom. The molecule has 2 aliphatic rings. The first-order valence-corrected chi connectivity index (χ1v) is 11.4. The molecule has 0 aromatic heterocycles. The van der Waals surface area contributed by atoms with Crippen LogP contribution >= 0.6 is 0 Å². The van der Waals surface area contributed by atoms with Crippen molar-refractivity contribution in [3.63, 3.8) is 0 Å². The van der Waals surface area contributed by atoms with Crippen LogP contribution in [0.25, 0.3) is 0 Å². The lowest BCUT2D eigenvalue weighted by molar-refractivity contribution is -0.120. The van der Waals surface area contributed by atoms with Crippen molar-refractivity contribution in [3.8, 4) is 17.2 Å². The van der Waals surface area contributed by atoms with Gasteiger partial charge in [-0.25, -0.2) is 0 Å². The summed E-state index contributed by atoms with van der Waals surface area (Å²) in [6, 6.07) is 12.8. The molecular formula is C26H34N2O4. The van der Waals surface area contributed by atoms with Crippen LogP contribution in [0.4, 0.5) is 0 Å². The summed E-state index contributed by atoms with van der Waals surface area (Å²) in [5.74, 6) is 2.76. The molecule has 32 heavy (non-hydrogen) atoms. The number of rotatable bonds is 7. The van der Waals surface area contributed by atoms with Gasteiger partial charge in [-0.15, -0.1) is 0 Å². The first-order valence-electron chi connectivity index (χ1n) is 11.4. The van der Waals surface area contributed by atoms with Gasteiger partial charge in [-0.2, -0.15) is 0 Å². The lowest BCUT2D eigenvalue weighted by atomic mass is 9.67. The molecule has 1 aliphatic carbocycles. The Labute approximate surface area is 190 Å². The number of aryl methyl sites for hydroxylation is 1. The molecule has 2 N–H and O–H groups in total. The van der Waals surface area contributed by atoms with Crippen LogP contribution in [0.1, 0.15) is 54.7 Å². The first-order chi connectivity index (χ1) is 15.5. The van der Waals surface area contributed by atoms with E-state index in [1.54, 1.807) is 21.3 Å². The first kappa shape index (κ1) is 22.5. The molecule has 1 heterocycles. The zero-order valence-corrected chi connectivity index (χ0v) is 19.5. The maximum absolute atomic E-state index is 12.2. The minimum atomic E-state index is -0.185. The average Bonchev–Trinajstić information content (AvgIpc) is 3.18. The van der Waals surface area contributed by atoms with Crippen LogP contribution in [0, 0.1) is 6.92 Å². The van der Waals surface area contributed by atoms with E-state index in [1.165, 1.54) is 11.1 Å². The molecule has 6 heteroatoms. The second-order valence-corrected chi connectivity index (χ2v) is 8.99. The van der Waals surface area contributed by atoms with Gasteiger partial charge < -0.3 is 24.8 Å². The van der Waals surface area contributed by atoms with Crippen LogP contribution in [0.5, 0.6) is 17.2 Å².